The normalized spacial score (nSPS) is 15.8. The van der Waals surface area contributed by atoms with Crippen LogP contribution in [0.15, 0.2) is 29.8 Å². The molecule has 0 bridgehead atoms. The van der Waals surface area contributed by atoms with Crippen LogP contribution in [-0.2, 0) is 22.7 Å². The maximum absolute atomic E-state index is 2.44. The Kier molecular flexibility index (Phi) is 12.6. The topological polar surface area (TPSA) is 0 Å². The molecule has 1 aliphatic rings. The molecular formula is C16H26Cl3PZr. The molecule has 0 saturated carbocycles. The number of halogens is 3. The zero-order valence-electron chi connectivity index (χ0n) is 13.3. The Morgan fingerprint density at radius 1 is 0.952 bits per heavy atom. The number of allylic oxidation sites excluding steroid dienone is 1. The summed E-state index contributed by atoms with van der Waals surface area (Å²) in [6, 6.07) is 9.03. The first kappa shape index (κ1) is 24.4. The molecule has 1 aliphatic carbocycles. The zero-order chi connectivity index (χ0) is 13.3. The smallest absolute Gasteiger partial charge is 0.147 e. The van der Waals surface area contributed by atoms with Gasteiger partial charge in [-0.3, -0.25) is 0 Å². The summed E-state index contributed by atoms with van der Waals surface area (Å²) < 4.78 is 0.848. The molecule has 0 spiro atoms. The van der Waals surface area contributed by atoms with E-state index in [0.717, 1.165) is 14.9 Å². The van der Waals surface area contributed by atoms with Crippen molar-refractivity contribution in [3.05, 3.63) is 41.0 Å². The van der Waals surface area contributed by atoms with Gasteiger partial charge in [0, 0.05) is 0 Å². The van der Waals surface area contributed by atoms with Gasteiger partial charge in [-0.25, -0.2) is 0 Å². The van der Waals surface area contributed by atoms with E-state index >= 15 is 0 Å². The molecule has 0 fully saturated rings. The van der Waals surface area contributed by atoms with Crippen molar-refractivity contribution in [2.24, 2.45) is 0 Å². The van der Waals surface area contributed by atoms with Crippen LogP contribution in [0.1, 0.15) is 49.4 Å². The number of hydrogen-bond acceptors (Lipinski definition) is 0. The molecule has 0 heterocycles. The first-order chi connectivity index (χ1) is 8.50. The third-order valence-corrected chi connectivity index (χ3v) is 19.9. The predicted octanol–water partition coefficient (Wildman–Crippen LogP) is 6.71. The van der Waals surface area contributed by atoms with E-state index in [1.165, 1.54) is 5.56 Å². The number of rotatable bonds is 4. The van der Waals surface area contributed by atoms with E-state index in [1.807, 2.05) is 0 Å². The van der Waals surface area contributed by atoms with E-state index in [9.17, 15) is 0 Å². The van der Waals surface area contributed by atoms with Crippen LogP contribution in [0.3, 0.4) is 0 Å². The van der Waals surface area contributed by atoms with Crippen LogP contribution >= 0.6 is 42.4 Å². The van der Waals surface area contributed by atoms with Gasteiger partial charge in [0.25, 0.3) is 0 Å². The van der Waals surface area contributed by atoms with Crippen molar-refractivity contribution < 1.29 is 22.7 Å². The van der Waals surface area contributed by atoms with Crippen LogP contribution in [0.25, 0.3) is 6.08 Å². The van der Waals surface area contributed by atoms with Gasteiger partial charge in [-0.2, -0.15) is 0 Å². The fraction of sp³-hybridized carbons (Fsp3) is 0.500. The molecule has 1 aromatic carbocycles. The van der Waals surface area contributed by atoms with Crippen molar-refractivity contribution in [2.45, 2.75) is 49.6 Å². The summed E-state index contributed by atoms with van der Waals surface area (Å²) >= 11 is -0.370. The Balaban J connectivity index is 0. The van der Waals surface area contributed by atoms with Gasteiger partial charge in [0.2, 0.25) is 0 Å². The van der Waals surface area contributed by atoms with Gasteiger partial charge in [0.05, 0.1) is 0 Å². The van der Waals surface area contributed by atoms with Crippen LogP contribution in [0.5, 0.6) is 0 Å². The Bertz CT molecular complexity index is 453. The molecule has 0 aromatic heterocycles. The number of hydrogen-bond donors (Lipinski definition) is 0. The van der Waals surface area contributed by atoms with Gasteiger partial charge < -0.3 is 0 Å². The van der Waals surface area contributed by atoms with Gasteiger partial charge in [0.15, 0.2) is 0 Å². The van der Waals surface area contributed by atoms with Gasteiger partial charge >= 0.3 is 124 Å². The molecule has 0 amide bonds. The average molecular weight is 447 g/mol. The number of fused-ring (bicyclic) bond motifs is 1. The number of benzene rings is 1. The average Bonchev–Trinajstić information content (AvgIpc) is 2.61. The van der Waals surface area contributed by atoms with Gasteiger partial charge in [-0.1, -0.05) is 0 Å². The van der Waals surface area contributed by atoms with Crippen molar-refractivity contribution in [3.63, 3.8) is 0 Å². The molecule has 0 aliphatic heterocycles. The van der Waals surface area contributed by atoms with E-state index < -0.39 is 0 Å². The van der Waals surface area contributed by atoms with E-state index in [4.69, 9.17) is 0 Å². The maximum atomic E-state index is 2.44. The van der Waals surface area contributed by atoms with Crippen molar-refractivity contribution in [3.8, 4) is 0 Å². The molecule has 0 radical (unpaired) electrons. The molecule has 1 atom stereocenters. The van der Waals surface area contributed by atoms with Gasteiger partial charge in [-0.15, -0.1) is 37.2 Å². The second-order valence-electron chi connectivity index (χ2n) is 5.67. The maximum Gasteiger partial charge on any atom is -0.147 e. The predicted molar refractivity (Wildman–Crippen MR) is 102 cm³/mol. The van der Waals surface area contributed by atoms with Crippen LogP contribution in [0.4, 0.5) is 0 Å². The molecule has 5 heteroatoms. The van der Waals surface area contributed by atoms with E-state index in [0.29, 0.717) is 0 Å². The first-order valence-corrected chi connectivity index (χ1v) is 13.0. The van der Waals surface area contributed by atoms with Crippen molar-refractivity contribution >= 4 is 48.5 Å². The van der Waals surface area contributed by atoms with Crippen LogP contribution in [-0.4, -0.2) is 11.3 Å². The monoisotopic (exact) mass is 444 g/mol. The summed E-state index contributed by atoms with van der Waals surface area (Å²) in [5, 5.41) is 0.288. The van der Waals surface area contributed by atoms with Gasteiger partial charge in [-0.05, 0) is 0 Å². The third-order valence-electron chi connectivity index (χ3n) is 3.54. The summed E-state index contributed by atoms with van der Waals surface area (Å²) in [7, 11) is 0. The summed E-state index contributed by atoms with van der Waals surface area (Å²) in [5.41, 5.74) is 6.58. The summed E-state index contributed by atoms with van der Waals surface area (Å²) in [6.45, 7) is 12.1. The Morgan fingerprint density at radius 2 is 1.48 bits per heavy atom. The Labute approximate surface area is 160 Å². The minimum atomic E-state index is -0.370. The largest absolute Gasteiger partial charge is 0.147 e. The van der Waals surface area contributed by atoms with E-state index in [-0.39, 0.29) is 65.1 Å². The first-order valence-electron chi connectivity index (χ1n) is 6.82. The second kappa shape index (κ2) is 10.8. The SMILES string of the molecule is CC1=Cc2ccccc2[CH]1[Zr][P](C(C)C)C(C)C.Cl.Cl.Cl. The molecule has 2 rings (SSSR count). The Hall–Kier alpha value is 1.14. The van der Waals surface area contributed by atoms with Crippen molar-refractivity contribution in [1.29, 1.82) is 0 Å². The zero-order valence-corrected chi connectivity index (χ0v) is 19.1. The minimum absolute atomic E-state index is 0. The standard InChI is InChI=1S/C10H9.C6H14P.3ClH.Zr/c1-8-6-9-4-2-3-5-10(9)7-8;1-5(2)7-6(3)4;;;;/h2-7H,1H3;5-6H,1-4H3;3*1H;/q;-1;;;;+1. The molecular weight excluding hydrogens is 421 g/mol. The molecule has 1 aromatic rings. The molecule has 0 N–H and O–H groups in total. The molecule has 21 heavy (non-hydrogen) atoms. The van der Waals surface area contributed by atoms with Crippen molar-refractivity contribution in [1.82, 2.24) is 0 Å². The van der Waals surface area contributed by atoms with Gasteiger partial charge in [0.1, 0.15) is 0 Å². The van der Waals surface area contributed by atoms with Crippen molar-refractivity contribution in [2.75, 3.05) is 0 Å². The third kappa shape index (κ3) is 5.93. The fourth-order valence-corrected chi connectivity index (χ4v) is 15.1. The molecule has 0 nitrogen and oxygen atoms in total. The van der Waals surface area contributed by atoms with Crippen LogP contribution in [0, 0.1) is 0 Å². The van der Waals surface area contributed by atoms with Crippen LogP contribution < -0.4 is 0 Å². The Morgan fingerprint density at radius 3 is 2.00 bits per heavy atom. The summed E-state index contributed by atoms with van der Waals surface area (Å²) in [4.78, 5) is 0. The summed E-state index contributed by atoms with van der Waals surface area (Å²) in [6.07, 6.45) is 2.43. The molecule has 120 valence electrons. The summed E-state index contributed by atoms with van der Waals surface area (Å²) in [5.74, 6) is 0. The fourth-order valence-electron chi connectivity index (χ4n) is 2.69. The second-order valence-corrected chi connectivity index (χ2v) is 15.9. The van der Waals surface area contributed by atoms with Crippen LogP contribution in [0.2, 0.25) is 0 Å². The van der Waals surface area contributed by atoms with E-state index in [2.05, 4.69) is 65.0 Å². The molecule has 1 unspecified atom stereocenters. The quantitative estimate of drug-likeness (QED) is 0.451. The van der Waals surface area contributed by atoms with E-state index in [1.54, 1.807) is 11.1 Å². The minimum Gasteiger partial charge on any atom is -0.147 e. The molecule has 0 saturated heterocycles.